The lowest BCUT2D eigenvalue weighted by atomic mass is 10.3. The van der Waals surface area contributed by atoms with Crippen LogP contribution >= 0.6 is 0 Å². The Hall–Kier alpha value is -2.04. The molecule has 0 radical (unpaired) electrons. The Bertz CT molecular complexity index is 546. The molecule has 17 heavy (non-hydrogen) atoms. The smallest absolute Gasteiger partial charge is 0.242 e. The fraction of sp³-hybridized carbons (Fsp3) is 0.333. The quantitative estimate of drug-likeness (QED) is 0.798. The molecule has 0 aliphatic rings. The van der Waals surface area contributed by atoms with Crippen LogP contribution < -0.4 is 4.74 Å². The highest BCUT2D eigenvalue weighted by Gasteiger charge is 2.09. The topological polar surface area (TPSA) is 47.4 Å². The molecule has 2 heterocycles. The minimum absolute atomic E-state index is 0.0344. The van der Waals surface area contributed by atoms with E-state index in [0.29, 0.717) is 5.88 Å². The molecule has 0 fully saturated rings. The molecule has 1 amide bonds. The molecule has 90 valence electrons. The van der Waals surface area contributed by atoms with Crippen molar-refractivity contribution in [3.8, 4) is 5.88 Å². The number of methoxy groups -OCH3 is 1. The third kappa shape index (κ3) is 2.22. The van der Waals surface area contributed by atoms with Crippen LogP contribution in [0.15, 0.2) is 24.4 Å². The summed E-state index contributed by atoms with van der Waals surface area (Å²) in [4.78, 5) is 17.6. The predicted molar refractivity (Wildman–Crippen MR) is 65.0 cm³/mol. The highest BCUT2D eigenvalue weighted by Crippen LogP contribution is 2.17. The molecule has 5 heteroatoms. The van der Waals surface area contributed by atoms with Crippen LogP contribution in [0.1, 0.15) is 0 Å². The van der Waals surface area contributed by atoms with E-state index in [1.165, 1.54) is 0 Å². The summed E-state index contributed by atoms with van der Waals surface area (Å²) in [7, 11) is 5.05. The average molecular weight is 233 g/mol. The predicted octanol–water partition coefficient (Wildman–Crippen LogP) is 1.13. The minimum atomic E-state index is 0.0344. The van der Waals surface area contributed by atoms with E-state index in [0.717, 1.165) is 11.0 Å². The van der Waals surface area contributed by atoms with Crippen LogP contribution in [0.25, 0.3) is 11.0 Å². The summed E-state index contributed by atoms with van der Waals surface area (Å²) in [5.41, 5.74) is 0.763. The van der Waals surface area contributed by atoms with E-state index in [2.05, 4.69) is 4.98 Å². The Morgan fingerprint density at radius 1 is 1.41 bits per heavy atom. The second kappa shape index (κ2) is 4.45. The average Bonchev–Trinajstić information content (AvgIpc) is 2.71. The van der Waals surface area contributed by atoms with Crippen molar-refractivity contribution in [2.45, 2.75) is 6.54 Å². The first-order chi connectivity index (χ1) is 8.11. The van der Waals surface area contributed by atoms with Gasteiger partial charge >= 0.3 is 0 Å². The molecule has 5 nitrogen and oxygen atoms in total. The fourth-order valence-electron chi connectivity index (χ4n) is 1.57. The number of carbonyl (C=O) groups is 1. The Morgan fingerprint density at radius 2 is 2.18 bits per heavy atom. The number of fused-ring (bicyclic) bond motifs is 1. The molecular weight excluding hydrogens is 218 g/mol. The molecule has 0 saturated carbocycles. The third-order valence-corrected chi connectivity index (χ3v) is 2.60. The van der Waals surface area contributed by atoms with Crippen LogP contribution in [-0.4, -0.2) is 41.6 Å². The summed E-state index contributed by atoms with van der Waals surface area (Å²) in [5, 5.41) is 0.998. The monoisotopic (exact) mass is 233 g/mol. The van der Waals surface area contributed by atoms with E-state index < -0.39 is 0 Å². The highest BCUT2D eigenvalue weighted by atomic mass is 16.5. The van der Waals surface area contributed by atoms with Crippen molar-refractivity contribution in [3.05, 3.63) is 24.4 Å². The molecule has 2 aromatic rings. The standard InChI is InChI=1S/C12H15N3O2/c1-14(2)11(16)8-15-7-6-9-4-5-10(17-3)13-12(9)15/h4-7H,8H2,1-3H3. The van der Waals surface area contributed by atoms with Gasteiger partial charge in [0.15, 0.2) is 0 Å². The minimum Gasteiger partial charge on any atom is -0.481 e. The van der Waals surface area contributed by atoms with Crippen LogP contribution in [0.4, 0.5) is 0 Å². The lowest BCUT2D eigenvalue weighted by Crippen LogP contribution is -2.26. The molecule has 0 aromatic carbocycles. The van der Waals surface area contributed by atoms with Crippen molar-refractivity contribution in [2.75, 3.05) is 21.2 Å². The zero-order chi connectivity index (χ0) is 12.4. The SMILES string of the molecule is COc1ccc2ccn(CC(=O)N(C)C)c2n1. The van der Waals surface area contributed by atoms with Gasteiger partial charge in [0.2, 0.25) is 11.8 Å². The van der Waals surface area contributed by atoms with Gasteiger partial charge in [0.1, 0.15) is 12.2 Å². The summed E-state index contributed by atoms with van der Waals surface area (Å²) < 4.78 is 6.90. The van der Waals surface area contributed by atoms with Gasteiger partial charge in [0.25, 0.3) is 0 Å². The van der Waals surface area contributed by atoms with Crippen molar-refractivity contribution < 1.29 is 9.53 Å². The van der Waals surface area contributed by atoms with Gasteiger partial charge in [0, 0.05) is 31.7 Å². The summed E-state index contributed by atoms with van der Waals surface area (Å²) >= 11 is 0. The summed E-state index contributed by atoms with van der Waals surface area (Å²) in [6, 6.07) is 5.67. The molecular formula is C12H15N3O2. The fourth-order valence-corrected chi connectivity index (χ4v) is 1.57. The van der Waals surface area contributed by atoms with Gasteiger partial charge in [-0.3, -0.25) is 4.79 Å². The Morgan fingerprint density at radius 3 is 2.82 bits per heavy atom. The molecule has 0 aliphatic carbocycles. The van der Waals surface area contributed by atoms with Crippen molar-refractivity contribution in [1.29, 1.82) is 0 Å². The second-order valence-electron chi connectivity index (χ2n) is 4.00. The molecule has 0 aliphatic heterocycles. The number of hydrogen-bond donors (Lipinski definition) is 0. The number of carbonyl (C=O) groups excluding carboxylic acids is 1. The molecule has 2 aromatic heterocycles. The zero-order valence-electron chi connectivity index (χ0n) is 10.2. The van der Waals surface area contributed by atoms with E-state index in [1.807, 2.05) is 22.9 Å². The third-order valence-electron chi connectivity index (χ3n) is 2.60. The van der Waals surface area contributed by atoms with E-state index >= 15 is 0 Å². The van der Waals surface area contributed by atoms with Crippen molar-refractivity contribution in [1.82, 2.24) is 14.5 Å². The van der Waals surface area contributed by atoms with Crippen molar-refractivity contribution in [2.24, 2.45) is 0 Å². The number of pyridine rings is 1. The van der Waals surface area contributed by atoms with Crippen LogP contribution in [0.2, 0.25) is 0 Å². The Balaban J connectivity index is 2.37. The van der Waals surface area contributed by atoms with Crippen molar-refractivity contribution in [3.63, 3.8) is 0 Å². The first-order valence-corrected chi connectivity index (χ1v) is 5.32. The van der Waals surface area contributed by atoms with Gasteiger partial charge in [-0.05, 0) is 12.1 Å². The number of hydrogen-bond acceptors (Lipinski definition) is 3. The van der Waals surface area contributed by atoms with E-state index in [-0.39, 0.29) is 12.5 Å². The van der Waals surface area contributed by atoms with E-state index in [4.69, 9.17) is 4.74 Å². The number of amides is 1. The Labute approximate surface area is 99.6 Å². The molecule has 2 rings (SSSR count). The summed E-state index contributed by atoms with van der Waals surface area (Å²) in [6.45, 7) is 0.288. The van der Waals surface area contributed by atoms with Gasteiger partial charge in [-0.25, -0.2) is 0 Å². The zero-order valence-corrected chi connectivity index (χ0v) is 10.2. The highest BCUT2D eigenvalue weighted by molar-refractivity contribution is 5.81. The van der Waals surface area contributed by atoms with Crippen LogP contribution in [0.5, 0.6) is 5.88 Å². The maximum atomic E-state index is 11.7. The van der Waals surface area contributed by atoms with Gasteiger partial charge in [0.05, 0.1) is 7.11 Å². The lowest BCUT2D eigenvalue weighted by Gasteiger charge is -2.11. The summed E-state index contributed by atoms with van der Waals surface area (Å²) in [6.07, 6.45) is 1.86. The number of ether oxygens (including phenoxy) is 1. The number of aromatic nitrogens is 2. The van der Waals surface area contributed by atoms with Gasteiger partial charge in [-0.2, -0.15) is 4.98 Å². The molecule has 0 atom stereocenters. The Kier molecular flexibility index (Phi) is 2.99. The van der Waals surface area contributed by atoms with Gasteiger partial charge in [-0.15, -0.1) is 0 Å². The maximum absolute atomic E-state index is 11.7. The second-order valence-corrected chi connectivity index (χ2v) is 4.00. The van der Waals surface area contributed by atoms with Crippen molar-refractivity contribution >= 4 is 16.9 Å². The number of nitrogens with zero attached hydrogens (tertiary/aromatic N) is 3. The van der Waals surface area contributed by atoms with Gasteiger partial charge in [-0.1, -0.05) is 0 Å². The van der Waals surface area contributed by atoms with Gasteiger partial charge < -0.3 is 14.2 Å². The van der Waals surface area contributed by atoms with Crippen LogP contribution in [0.3, 0.4) is 0 Å². The maximum Gasteiger partial charge on any atom is 0.242 e. The molecule has 0 N–H and O–H groups in total. The lowest BCUT2D eigenvalue weighted by molar-refractivity contribution is -0.129. The van der Waals surface area contributed by atoms with E-state index in [9.17, 15) is 4.79 Å². The largest absolute Gasteiger partial charge is 0.481 e. The van der Waals surface area contributed by atoms with Crippen LogP contribution in [0, 0.1) is 0 Å². The number of rotatable bonds is 3. The molecule has 0 saturated heterocycles. The van der Waals surface area contributed by atoms with E-state index in [1.54, 1.807) is 32.2 Å². The van der Waals surface area contributed by atoms with Crippen LogP contribution in [-0.2, 0) is 11.3 Å². The molecule has 0 unspecified atom stereocenters. The number of likely N-dealkylation sites (N-methyl/N-ethyl adjacent to an activating group) is 1. The normalized spacial score (nSPS) is 10.5. The summed E-state index contributed by atoms with van der Waals surface area (Å²) in [5.74, 6) is 0.585. The first-order valence-electron chi connectivity index (χ1n) is 5.32. The molecule has 0 spiro atoms. The first kappa shape index (κ1) is 11.4. The molecule has 0 bridgehead atoms.